The van der Waals surface area contributed by atoms with Crippen molar-refractivity contribution < 1.29 is 22.0 Å². The predicted molar refractivity (Wildman–Crippen MR) is 42.7 cm³/mol. The molecule has 0 unspecified atom stereocenters. The van der Waals surface area contributed by atoms with Gasteiger partial charge in [0.25, 0.3) is 0 Å². The topological polar surface area (TPSA) is 0 Å². The van der Waals surface area contributed by atoms with Gasteiger partial charge in [0.15, 0.2) is 11.6 Å². The van der Waals surface area contributed by atoms with E-state index in [2.05, 4.69) is 0 Å². The van der Waals surface area contributed by atoms with Gasteiger partial charge in [0.1, 0.15) is 0 Å². The van der Waals surface area contributed by atoms with E-state index in [4.69, 9.17) is 0 Å². The minimum Gasteiger partial charge on any atom is -0.204 e. The highest BCUT2D eigenvalue weighted by molar-refractivity contribution is 5.20. The average molecular weight is 212 g/mol. The summed E-state index contributed by atoms with van der Waals surface area (Å²) in [5.74, 6) is -2.78. The van der Waals surface area contributed by atoms with E-state index in [0.29, 0.717) is 12.1 Å². The van der Waals surface area contributed by atoms with Crippen molar-refractivity contribution in [2.75, 3.05) is 0 Å². The van der Waals surface area contributed by atoms with Crippen molar-refractivity contribution in [2.45, 2.75) is 20.0 Å². The fraction of sp³-hybridized carbons (Fsp3) is 0.333. The molecule has 0 bridgehead atoms. The van der Waals surface area contributed by atoms with Crippen LogP contribution in [0.1, 0.15) is 19.4 Å². The van der Waals surface area contributed by atoms with Crippen molar-refractivity contribution in [3.63, 3.8) is 0 Å². The van der Waals surface area contributed by atoms with Gasteiger partial charge in [-0.1, -0.05) is 13.8 Å². The van der Waals surface area contributed by atoms with E-state index in [1.165, 1.54) is 0 Å². The fourth-order valence-corrected chi connectivity index (χ4v) is 0.672. The monoisotopic (exact) mass is 212 g/mol. The largest absolute Gasteiger partial charge is 0.416 e. The summed E-state index contributed by atoms with van der Waals surface area (Å²) in [6.45, 7) is 4.00. The Morgan fingerprint density at radius 2 is 1.43 bits per heavy atom. The van der Waals surface area contributed by atoms with Crippen LogP contribution in [0.3, 0.4) is 0 Å². The van der Waals surface area contributed by atoms with Crippen molar-refractivity contribution in [1.82, 2.24) is 0 Å². The number of hydrogen-bond acceptors (Lipinski definition) is 0. The van der Waals surface area contributed by atoms with Gasteiger partial charge in [-0.2, -0.15) is 13.2 Å². The van der Waals surface area contributed by atoms with Gasteiger partial charge >= 0.3 is 6.18 Å². The van der Waals surface area contributed by atoms with Gasteiger partial charge in [0, 0.05) is 0 Å². The maximum absolute atomic E-state index is 12.2. The highest BCUT2D eigenvalue weighted by atomic mass is 19.4. The summed E-state index contributed by atoms with van der Waals surface area (Å²) in [6, 6.07) is 1.05. The predicted octanol–water partition coefficient (Wildman–Crippen LogP) is 4.01. The van der Waals surface area contributed by atoms with E-state index >= 15 is 0 Å². The molecule has 0 aliphatic heterocycles. The molecule has 14 heavy (non-hydrogen) atoms. The number of rotatable bonds is 0. The summed E-state index contributed by atoms with van der Waals surface area (Å²) in [4.78, 5) is 0. The summed E-state index contributed by atoms with van der Waals surface area (Å²) >= 11 is 0. The molecule has 0 N–H and O–H groups in total. The minimum atomic E-state index is -4.63. The van der Waals surface area contributed by atoms with E-state index in [-0.39, 0.29) is 6.07 Å². The maximum Gasteiger partial charge on any atom is 0.416 e. The van der Waals surface area contributed by atoms with Crippen LogP contribution >= 0.6 is 0 Å². The van der Waals surface area contributed by atoms with E-state index < -0.39 is 23.4 Å². The van der Waals surface area contributed by atoms with Crippen LogP contribution in [0.4, 0.5) is 22.0 Å². The third kappa shape index (κ3) is 3.32. The molecule has 80 valence electrons. The fourth-order valence-electron chi connectivity index (χ4n) is 0.672. The molecule has 5 heteroatoms. The summed E-state index contributed by atoms with van der Waals surface area (Å²) in [5.41, 5.74) is -1.19. The van der Waals surface area contributed by atoms with Crippen molar-refractivity contribution in [1.29, 1.82) is 0 Å². The molecule has 0 radical (unpaired) electrons. The second-order valence-electron chi connectivity index (χ2n) is 2.13. The molecule has 0 fully saturated rings. The third-order valence-corrected chi connectivity index (χ3v) is 1.25. The lowest BCUT2D eigenvalue weighted by Crippen LogP contribution is -2.05. The van der Waals surface area contributed by atoms with Crippen LogP contribution in [0, 0.1) is 11.6 Å². The first-order valence-electron chi connectivity index (χ1n) is 3.93. The third-order valence-electron chi connectivity index (χ3n) is 1.25. The Labute approximate surface area is 78.4 Å². The zero-order valence-corrected chi connectivity index (χ0v) is 7.62. The van der Waals surface area contributed by atoms with Gasteiger partial charge in [-0.25, -0.2) is 8.78 Å². The van der Waals surface area contributed by atoms with Crippen LogP contribution in [0.25, 0.3) is 0 Å². The Morgan fingerprint density at radius 1 is 0.929 bits per heavy atom. The van der Waals surface area contributed by atoms with Gasteiger partial charge in [0.05, 0.1) is 5.56 Å². The van der Waals surface area contributed by atoms with Gasteiger partial charge in [-0.3, -0.25) is 0 Å². The van der Waals surface area contributed by atoms with E-state index in [9.17, 15) is 22.0 Å². The molecule has 1 rings (SSSR count). The zero-order valence-electron chi connectivity index (χ0n) is 7.62. The molecule has 0 aromatic heterocycles. The molecular weight excluding hydrogens is 203 g/mol. The number of hydrogen-bond donors (Lipinski definition) is 0. The average Bonchev–Trinajstić information content (AvgIpc) is 2.11. The van der Waals surface area contributed by atoms with Crippen LogP contribution in [0.2, 0.25) is 0 Å². The lowest BCUT2D eigenvalue weighted by Gasteiger charge is -2.05. The smallest absolute Gasteiger partial charge is 0.204 e. The van der Waals surface area contributed by atoms with Gasteiger partial charge in [0.2, 0.25) is 0 Å². The van der Waals surface area contributed by atoms with Crippen LogP contribution < -0.4 is 0 Å². The molecule has 0 saturated carbocycles. The van der Waals surface area contributed by atoms with E-state index in [0.717, 1.165) is 0 Å². The molecule has 1 aromatic carbocycles. The molecule has 0 aliphatic rings. The number of benzene rings is 1. The first-order valence-corrected chi connectivity index (χ1v) is 3.93. The first kappa shape index (κ1) is 12.9. The maximum atomic E-state index is 12.2. The molecule has 0 aliphatic carbocycles. The molecule has 1 aromatic rings. The molecular formula is C9H9F5. The van der Waals surface area contributed by atoms with Crippen LogP contribution in [-0.2, 0) is 6.18 Å². The van der Waals surface area contributed by atoms with Crippen molar-refractivity contribution in [3.05, 3.63) is 35.4 Å². The summed E-state index contributed by atoms with van der Waals surface area (Å²) in [5, 5.41) is 0. The molecule has 0 amide bonds. The second-order valence-corrected chi connectivity index (χ2v) is 2.13. The summed E-state index contributed by atoms with van der Waals surface area (Å²) < 4.78 is 59.8. The van der Waals surface area contributed by atoms with Crippen LogP contribution in [0.5, 0.6) is 0 Å². The SMILES string of the molecule is CC.Fc1ccc(C(F)(F)F)cc1F. The van der Waals surface area contributed by atoms with Gasteiger partial charge in [-0.05, 0) is 18.2 Å². The van der Waals surface area contributed by atoms with Gasteiger partial charge < -0.3 is 0 Å². The Balaban J connectivity index is 0.000000791. The van der Waals surface area contributed by atoms with Crippen molar-refractivity contribution in [2.24, 2.45) is 0 Å². The number of halogens is 5. The summed E-state index contributed by atoms with van der Waals surface area (Å²) in [7, 11) is 0. The van der Waals surface area contributed by atoms with Crippen LogP contribution in [-0.4, -0.2) is 0 Å². The minimum absolute atomic E-state index is 0.120. The van der Waals surface area contributed by atoms with E-state index in [1.54, 1.807) is 0 Å². The highest BCUT2D eigenvalue weighted by Crippen LogP contribution is 2.29. The molecule has 0 heterocycles. The van der Waals surface area contributed by atoms with Gasteiger partial charge in [-0.15, -0.1) is 0 Å². The second kappa shape index (κ2) is 4.93. The Morgan fingerprint density at radius 3 is 1.79 bits per heavy atom. The molecule has 0 nitrogen and oxygen atoms in total. The van der Waals surface area contributed by atoms with E-state index in [1.807, 2.05) is 13.8 Å². The quantitative estimate of drug-likeness (QED) is 0.570. The van der Waals surface area contributed by atoms with Crippen molar-refractivity contribution >= 4 is 0 Å². The Bertz CT molecular complexity index is 290. The zero-order chi connectivity index (χ0) is 11.4. The Hall–Kier alpha value is -1.13. The summed E-state index contributed by atoms with van der Waals surface area (Å²) in [6.07, 6.45) is -4.63. The number of alkyl halides is 3. The lowest BCUT2D eigenvalue weighted by atomic mass is 10.2. The Kier molecular flexibility index (Phi) is 4.53. The van der Waals surface area contributed by atoms with Crippen LogP contribution in [0.15, 0.2) is 18.2 Å². The lowest BCUT2D eigenvalue weighted by molar-refractivity contribution is -0.137. The molecule has 0 saturated heterocycles. The normalized spacial score (nSPS) is 10.5. The standard InChI is InChI=1S/C7H3F5.C2H6/c8-5-2-1-4(3-6(5)9)7(10,11)12;1-2/h1-3H;1-2H3. The molecule has 0 spiro atoms. The van der Waals surface area contributed by atoms with Crippen molar-refractivity contribution in [3.8, 4) is 0 Å². The molecule has 0 atom stereocenters. The first-order chi connectivity index (χ1) is 6.41. The highest BCUT2D eigenvalue weighted by Gasteiger charge is 2.31.